The van der Waals surface area contributed by atoms with Crippen molar-refractivity contribution in [1.29, 1.82) is 0 Å². The Morgan fingerprint density at radius 2 is 1.75 bits per heavy atom. The van der Waals surface area contributed by atoms with Crippen molar-refractivity contribution >= 4 is 46.1 Å². The van der Waals surface area contributed by atoms with Crippen LogP contribution in [0.1, 0.15) is 4.88 Å². The number of aliphatic hydroxyl groups excluding tert-OH is 1. The molecule has 0 saturated carbocycles. The van der Waals surface area contributed by atoms with Crippen molar-refractivity contribution in [2.45, 2.75) is 6.61 Å². The smallest absolute Gasteiger partial charge is 0.184 e. The number of thiazole rings is 1. The highest BCUT2D eigenvalue weighted by atomic mass is 35.5. The summed E-state index contributed by atoms with van der Waals surface area (Å²) >= 11 is 18.8. The van der Waals surface area contributed by atoms with Gasteiger partial charge in [-0.15, -0.1) is 11.3 Å². The molecule has 0 aliphatic carbocycles. The van der Waals surface area contributed by atoms with E-state index >= 15 is 0 Å². The summed E-state index contributed by atoms with van der Waals surface area (Å²) in [4.78, 5) is 4.84. The van der Waals surface area contributed by atoms with Gasteiger partial charge in [0.05, 0.1) is 17.2 Å². The first-order valence-electron chi connectivity index (χ1n) is 4.32. The predicted octanol–water partition coefficient (Wildman–Crippen LogP) is 4.26. The first kappa shape index (κ1) is 12.1. The van der Waals surface area contributed by atoms with Gasteiger partial charge in [-0.2, -0.15) is 0 Å². The molecule has 1 aromatic carbocycles. The number of rotatable bonds is 2. The van der Waals surface area contributed by atoms with Gasteiger partial charge in [-0.1, -0.05) is 34.8 Å². The average molecular weight is 295 g/mol. The molecule has 0 fully saturated rings. The van der Waals surface area contributed by atoms with Crippen molar-refractivity contribution in [2.75, 3.05) is 0 Å². The van der Waals surface area contributed by atoms with E-state index in [1.807, 2.05) is 0 Å². The van der Waals surface area contributed by atoms with Crippen LogP contribution in [0.5, 0.6) is 0 Å². The van der Waals surface area contributed by atoms with E-state index in [9.17, 15) is 5.11 Å². The number of nitrogens with zero attached hydrogens (tertiary/aromatic N) is 1. The zero-order chi connectivity index (χ0) is 11.7. The highest BCUT2D eigenvalue weighted by Gasteiger charge is 2.12. The summed E-state index contributed by atoms with van der Waals surface area (Å²) in [6, 6.07) is 5.11. The quantitative estimate of drug-likeness (QED) is 0.897. The molecule has 0 amide bonds. The second-order valence-corrected chi connectivity index (χ2v) is 5.59. The van der Waals surface area contributed by atoms with Gasteiger partial charge in [0.15, 0.2) is 4.47 Å². The van der Waals surface area contributed by atoms with E-state index in [2.05, 4.69) is 4.98 Å². The molecule has 6 heteroatoms. The lowest BCUT2D eigenvalue weighted by Gasteiger charge is -2.01. The molecule has 1 N–H and O–H groups in total. The third-order valence-corrected chi connectivity index (χ3v) is 3.53. The van der Waals surface area contributed by atoms with Crippen molar-refractivity contribution in [3.8, 4) is 11.3 Å². The Labute approximate surface area is 111 Å². The molecule has 2 nitrogen and oxygen atoms in total. The Bertz CT molecular complexity index is 507. The molecule has 0 spiro atoms. The van der Waals surface area contributed by atoms with E-state index in [0.29, 0.717) is 25.1 Å². The summed E-state index contributed by atoms with van der Waals surface area (Å²) in [5, 5.41) is 10.2. The summed E-state index contributed by atoms with van der Waals surface area (Å²) in [5.74, 6) is 0. The minimum absolute atomic E-state index is 0.107. The molecule has 0 radical (unpaired) electrons. The van der Waals surface area contributed by atoms with Gasteiger partial charge in [-0.3, -0.25) is 0 Å². The Morgan fingerprint density at radius 1 is 1.12 bits per heavy atom. The second kappa shape index (κ2) is 4.90. The van der Waals surface area contributed by atoms with Crippen LogP contribution in [0.15, 0.2) is 18.2 Å². The predicted molar refractivity (Wildman–Crippen MR) is 68.5 cm³/mol. The molecule has 84 valence electrons. The van der Waals surface area contributed by atoms with Crippen LogP contribution >= 0.6 is 46.1 Å². The summed E-state index contributed by atoms with van der Waals surface area (Å²) in [7, 11) is 0. The van der Waals surface area contributed by atoms with Crippen LogP contribution in [-0.4, -0.2) is 10.1 Å². The van der Waals surface area contributed by atoms with Crippen LogP contribution in [0, 0.1) is 0 Å². The van der Waals surface area contributed by atoms with Crippen LogP contribution < -0.4 is 0 Å². The van der Waals surface area contributed by atoms with Crippen molar-refractivity contribution in [1.82, 2.24) is 4.98 Å². The van der Waals surface area contributed by atoms with Crippen molar-refractivity contribution < 1.29 is 5.11 Å². The third-order valence-electron chi connectivity index (χ3n) is 1.95. The van der Waals surface area contributed by atoms with Gasteiger partial charge in [0, 0.05) is 15.6 Å². The van der Waals surface area contributed by atoms with Gasteiger partial charge < -0.3 is 5.11 Å². The molecule has 0 atom stereocenters. The SMILES string of the molecule is OCc1sc(Cl)nc1-c1cc(Cl)cc(Cl)c1. The molecule has 0 saturated heterocycles. The Balaban J connectivity index is 2.57. The molecule has 0 bridgehead atoms. The van der Waals surface area contributed by atoms with Crippen LogP contribution in [0.25, 0.3) is 11.3 Å². The van der Waals surface area contributed by atoms with Crippen LogP contribution in [0.3, 0.4) is 0 Å². The molecule has 1 aromatic heterocycles. The summed E-state index contributed by atoms with van der Waals surface area (Å²) in [5.41, 5.74) is 1.38. The Morgan fingerprint density at radius 3 is 2.31 bits per heavy atom. The average Bonchev–Trinajstić information content (AvgIpc) is 2.58. The molecule has 0 aliphatic rings. The Kier molecular flexibility index (Phi) is 3.72. The van der Waals surface area contributed by atoms with E-state index in [1.165, 1.54) is 11.3 Å². The highest BCUT2D eigenvalue weighted by molar-refractivity contribution is 7.16. The maximum Gasteiger partial charge on any atom is 0.184 e. The minimum Gasteiger partial charge on any atom is -0.391 e. The van der Waals surface area contributed by atoms with Crippen LogP contribution in [0.2, 0.25) is 14.5 Å². The molecule has 2 aromatic rings. The number of hydrogen-bond acceptors (Lipinski definition) is 3. The summed E-state index contributed by atoms with van der Waals surface area (Å²) in [6.07, 6.45) is 0. The van der Waals surface area contributed by atoms with E-state index in [-0.39, 0.29) is 6.61 Å². The molecule has 0 aliphatic heterocycles. The zero-order valence-electron chi connectivity index (χ0n) is 7.88. The highest BCUT2D eigenvalue weighted by Crippen LogP contribution is 2.33. The molecule has 0 unspecified atom stereocenters. The molecular formula is C10H6Cl3NOS. The van der Waals surface area contributed by atoms with Crippen molar-refractivity contribution in [2.24, 2.45) is 0 Å². The number of hydrogen-bond donors (Lipinski definition) is 1. The molecule has 16 heavy (non-hydrogen) atoms. The monoisotopic (exact) mass is 293 g/mol. The van der Waals surface area contributed by atoms with E-state index in [1.54, 1.807) is 18.2 Å². The zero-order valence-corrected chi connectivity index (χ0v) is 11.0. The van der Waals surface area contributed by atoms with E-state index < -0.39 is 0 Å². The lowest BCUT2D eigenvalue weighted by molar-refractivity contribution is 0.286. The number of aromatic nitrogens is 1. The fraction of sp³-hybridized carbons (Fsp3) is 0.100. The fourth-order valence-electron chi connectivity index (χ4n) is 1.35. The van der Waals surface area contributed by atoms with Gasteiger partial charge in [0.2, 0.25) is 0 Å². The van der Waals surface area contributed by atoms with E-state index in [0.717, 1.165) is 5.56 Å². The van der Waals surface area contributed by atoms with Crippen LogP contribution in [0.4, 0.5) is 0 Å². The largest absolute Gasteiger partial charge is 0.391 e. The molecule has 1 heterocycles. The first-order valence-corrected chi connectivity index (χ1v) is 6.27. The maximum atomic E-state index is 9.18. The van der Waals surface area contributed by atoms with Gasteiger partial charge in [0.25, 0.3) is 0 Å². The minimum atomic E-state index is -0.107. The first-order chi connectivity index (χ1) is 7.60. The van der Waals surface area contributed by atoms with Crippen molar-refractivity contribution in [3.63, 3.8) is 0 Å². The third kappa shape index (κ3) is 2.50. The lowest BCUT2D eigenvalue weighted by atomic mass is 10.1. The topological polar surface area (TPSA) is 33.1 Å². The van der Waals surface area contributed by atoms with Gasteiger partial charge in [-0.25, -0.2) is 4.98 Å². The lowest BCUT2D eigenvalue weighted by Crippen LogP contribution is -1.85. The molecular weight excluding hydrogens is 289 g/mol. The Hall–Kier alpha value is -0.320. The second-order valence-electron chi connectivity index (χ2n) is 3.05. The number of benzene rings is 1. The standard InChI is InChI=1S/C10H6Cl3NOS/c11-6-1-5(2-7(12)3-6)9-8(4-15)16-10(13)14-9/h1-3,15H,4H2. The van der Waals surface area contributed by atoms with Gasteiger partial charge in [-0.05, 0) is 18.2 Å². The summed E-state index contributed by atoms with van der Waals surface area (Å²) in [6.45, 7) is -0.107. The summed E-state index contributed by atoms with van der Waals surface area (Å²) < 4.78 is 0.384. The maximum absolute atomic E-state index is 9.18. The van der Waals surface area contributed by atoms with Crippen LogP contribution in [-0.2, 0) is 6.61 Å². The molecule has 2 rings (SSSR count). The fourth-order valence-corrected chi connectivity index (χ4v) is 2.90. The number of halogens is 3. The number of aliphatic hydroxyl groups is 1. The van der Waals surface area contributed by atoms with Gasteiger partial charge >= 0.3 is 0 Å². The normalized spacial score (nSPS) is 10.8. The van der Waals surface area contributed by atoms with Gasteiger partial charge in [0.1, 0.15) is 0 Å². The van der Waals surface area contributed by atoms with Crippen molar-refractivity contribution in [3.05, 3.63) is 37.6 Å². The van der Waals surface area contributed by atoms with E-state index in [4.69, 9.17) is 34.8 Å².